The first-order valence-corrected chi connectivity index (χ1v) is 10.4. The van der Waals surface area contributed by atoms with Crippen LogP contribution in [0.3, 0.4) is 0 Å². The molecular weight excluding hydrogens is 382 g/mol. The van der Waals surface area contributed by atoms with Crippen molar-refractivity contribution in [3.05, 3.63) is 32.5 Å². The molecule has 1 saturated heterocycles. The number of hydrogen-bond acceptors (Lipinski definition) is 7. The SMILES string of the molecule is Cc1c(N2CCC(C(N)C(C)(C)C#N)C2)cc(N)c2c(=O)n(N)c(=O)n(C3CC3)c12. The molecule has 1 aliphatic carbocycles. The molecule has 30 heavy (non-hydrogen) atoms. The second-order valence-electron chi connectivity index (χ2n) is 9.25. The van der Waals surface area contributed by atoms with Gasteiger partial charge < -0.3 is 22.2 Å². The van der Waals surface area contributed by atoms with Crippen molar-refractivity contribution >= 4 is 22.3 Å². The molecule has 0 amide bonds. The lowest BCUT2D eigenvalue weighted by Crippen LogP contribution is -2.45. The van der Waals surface area contributed by atoms with Crippen LogP contribution in [0.4, 0.5) is 11.4 Å². The van der Waals surface area contributed by atoms with Gasteiger partial charge in [0.2, 0.25) is 0 Å². The molecule has 2 atom stereocenters. The summed E-state index contributed by atoms with van der Waals surface area (Å²) in [6.45, 7) is 7.12. The standard InChI is InChI=1S/C21H29N7O2/c1-11-15(26-7-6-12(9-26)18(24)21(2,3)10-22)8-14(23)16-17(11)27(13-4-5-13)20(30)28(25)19(16)29/h8,12-13,18H,4-7,9,23-25H2,1-3H3. The van der Waals surface area contributed by atoms with E-state index in [1.807, 2.05) is 20.8 Å². The zero-order valence-electron chi connectivity index (χ0n) is 17.7. The molecule has 2 fully saturated rings. The van der Waals surface area contributed by atoms with Gasteiger partial charge in [-0.2, -0.15) is 9.94 Å². The average Bonchev–Trinajstić information content (AvgIpc) is 3.43. The van der Waals surface area contributed by atoms with Gasteiger partial charge in [-0.05, 0) is 57.6 Å². The number of benzene rings is 1. The quantitative estimate of drug-likeness (QED) is 0.498. The van der Waals surface area contributed by atoms with Gasteiger partial charge in [-0.3, -0.25) is 9.36 Å². The minimum atomic E-state index is -0.614. The fourth-order valence-electron chi connectivity index (χ4n) is 4.68. The Morgan fingerprint density at radius 1 is 1.27 bits per heavy atom. The average molecular weight is 412 g/mol. The van der Waals surface area contributed by atoms with E-state index >= 15 is 0 Å². The zero-order valence-corrected chi connectivity index (χ0v) is 17.7. The predicted octanol–water partition coefficient (Wildman–Crippen LogP) is 0.806. The number of aromatic nitrogens is 2. The monoisotopic (exact) mass is 411 g/mol. The van der Waals surface area contributed by atoms with Gasteiger partial charge in [0, 0.05) is 36.5 Å². The molecule has 6 N–H and O–H groups in total. The molecule has 1 aliphatic heterocycles. The fourth-order valence-corrected chi connectivity index (χ4v) is 4.68. The van der Waals surface area contributed by atoms with Crippen molar-refractivity contribution in [3.63, 3.8) is 0 Å². The highest BCUT2D eigenvalue weighted by Crippen LogP contribution is 2.40. The largest absolute Gasteiger partial charge is 0.398 e. The molecule has 1 saturated carbocycles. The maximum atomic E-state index is 12.8. The van der Waals surface area contributed by atoms with E-state index < -0.39 is 16.7 Å². The molecule has 2 heterocycles. The van der Waals surface area contributed by atoms with Gasteiger partial charge in [0.05, 0.1) is 22.4 Å². The predicted molar refractivity (Wildman–Crippen MR) is 118 cm³/mol. The zero-order chi connectivity index (χ0) is 22.0. The molecule has 9 nitrogen and oxygen atoms in total. The summed E-state index contributed by atoms with van der Waals surface area (Å²) in [5, 5.41) is 9.73. The van der Waals surface area contributed by atoms with Crippen LogP contribution in [0, 0.1) is 29.6 Å². The third-order valence-electron chi connectivity index (χ3n) is 6.75. The lowest BCUT2D eigenvalue weighted by atomic mass is 9.79. The first-order valence-electron chi connectivity index (χ1n) is 10.4. The number of rotatable bonds is 4. The molecule has 4 rings (SSSR count). The van der Waals surface area contributed by atoms with Gasteiger partial charge in [-0.1, -0.05) is 0 Å². The Balaban J connectivity index is 1.83. The number of nitrogen functional groups attached to an aromatic ring is 2. The summed E-state index contributed by atoms with van der Waals surface area (Å²) in [6, 6.07) is 3.90. The number of nitrogens with two attached hydrogens (primary N) is 3. The van der Waals surface area contributed by atoms with Crippen LogP contribution in [0.5, 0.6) is 0 Å². The van der Waals surface area contributed by atoms with Crippen molar-refractivity contribution in [3.8, 4) is 6.07 Å². The normalized spacial score (nSPS) is 20.5. The topological polar surface area (TPSA) is 149 Å². The lowest BCUT2D eigenvalue weighted by molar-refractivity contribution is 0.294. The van der Waals surface area contributed by atoms with Gasteiger partial charge in [-0.15, -0.1) is 0 Å². The molecule has 9 heteroatoms. The van der Waals surface area contributed by atoms with E-state index in [9.17, 15) is 14.9 Å². The third kappa shape index (κ3) is 2.94. The van der Waals surface area contributed by atoms with Crippen LogP contribution in [0.2, 0.25) is 0 Å². The van der Waals surface area contributed by atoms with Gasteiger partial charge in [0.1, 0.15) is 0 Å². The summed E-state index contributed by atoms with van der Waals surface area (Å²) < 4.78 is 2.29. The number of fused-ring (bicyclic) bond motifs is 1. The summed E-state index contributed by atoms with van der Waals surface area (Å²) in [5.41, 5.74) is 13.7. The van der Waals surface area contributed by atoms with Crippen molar-refractivity contribution in [2.45, 2.75) is 52.1 Å². The molecule has 2 aliphatic rings. The summed E-state index contributed by atoms with van der Waals surface area (Å²) >= 11 is 0. The maximum absolute atomic E-state index is 12.8. The Bertz CT molecular complexity index is 1180. The molecule has 2 aromatic rings. The Morgan fingerprint density at radius 2 is 1.93 bits per heavy atom. The molecular formula is C21H29N7O2. The number of anilines is 2. The van der Waals surface area contributed by atoms with Gasteiger partial charge in [0.25, 0.3) is 5.56 Å². The molecule has 0 radical (unpaired) electrons. The highest BCUT2D eigenvalue weighted by Gasteiger charge is 2.38. The van der Waals surface area contributed by atoms with Crippen LogP contribution in [0.15, 0.2) is 15.7 Å². The van der Waals surface area contributed by atoms with Crippen LogP contribution in [-0.2, 0) is 0 Å². The van der Waals surface area contributed by atoms with E-state index in [1.165, 1.54) is 0 Å². The van der Waals surface area contributed by atoms with Crippen molar-refractivity contribution in [2.24, 2.45) is 17.1 Å². The highest BCUT2D eigenvalue weighted by molar-refractivity contribution is 5.96. The minimum Gasteiger partial charge on any atom is -0.398 e. The second kappa shape index (κ2) is 6.77. The van der Waals surface area contributed by atoms with Crippen molar-refractivity contribution in [2.75, 3.05) is 29.6 Å². The van der Waals surface area contributed by atoms with Crippen LogP contribution in [0.25, 0.3) is 10.9 Å². The van der Waals surface area contributed by atoms with E-state index in [4.69, 9.17) is 17.3 Å². The number of aryl methyl sites for hydroxylation is 1. The van der Waals surface area contributed by atoms with Crippen LogP contribution in [0.1, 0.15) is 44.7 Å². The third-order valence-corrected chi connectivity index (χ3v) is 6.75. The molecule has 160 valence electrons. The van der Waals surface area contributed by atoms with E-state index in [0.717, 1.165) is 37.1 Å². The van der Waals surface area contributed by atoms with Crippen LogP contribution in [-0.4, -0.2) is 28.4 Å². The lowest BCUT2D eigenvalue weighted by Gasteiger charge is -2.30. The van der Waals surface area contributed by atoms with E-state index in [0.29, 0.717) is 27.8 Å². The molecule has 0 spiro atoms. The smallest absolute Gasteiger partial charge is 0.350 e. The maximum Gasteiger partial charge on any atom is 0.350 e. The highest BCUT2D eigenvalue weighted by atomic mass is 16.2. The van der Waals surface area contributed by atoms with Crippen molar-refractivity contribution in [1.29, 1.82) is 5.26 Å². The Hall–Kier alpha value is -2.99. The first kappa shape index (κ1) is 20.3. The summed E-state index contributed by atoms with van der Waals surface area (Å²) in [6.07, 6.45) is 2.62. The summed E-state index contributed by atoms with van der Waals surface area (Å²) in [4.78, 5) is 27.7. The van der Waals surface area contributed by atoms with Crippen LogP contribution < -0.4 is 33.5 Å². The minimum absolute atomic E-state index is 0.0416. The number of hydrogen-bond donors (Lipinski definition) is 3. The van der Waals surface area contributed by atoms with Gasteiger partial charge >= 0.3 is 5.69 Å². The number of nitrogens with zero attached hydrogens (tertiary/aromatic N) is 4. The number of nitriles is 1. The van der Waals surface area contributed by atoms with E-state index in [2.05, 4.69) is 11.0 Å². The van der Waals surface area contributed by atoms with Crippen molar-refractivity contribution < 1.29 is 0 Å². The van der Waals surface area contributed by atoms with Gasteiger partial charge in [-0.25, -0.2) is 4.79 Å². The summed E-state index contributed by atoms with van der Waals surface area (Å²) in [5.74, 6) is 5.93. The Kier molecular flexibility index (Phi) is 4.58. The molecule has 1 aromatic carbocycles. The second-order valence-corrected chi connectivity index (χ2v) is 9.25. The van der Waals surface area contributed by atoms with Crippen molar-refractivity contribution in [1.82, 2.24) is 9.24 Å². The summed E-state index contributed by atoms with van der Waals surface area (Å²) in [7, 11) is 0. The van der Waals surface area contributed by atoms with Gasteiger partial charge in [0.15, 0.2) is 0 Å². The van der Waals surface area contributed by atoms with Crippen LogP contribution >= 0.6 is 0 Å². The van der Waals surface area contributed by atoms with E-state index in [-0.39, 0.29) is 18.0 Å². The Labute approximate surface area is 174 Å². The molecule has 0 bridgehead atoms. The molecule has 1 aromatic heterocycles. The Morgan fingerprint density at radius 3 is 2.53 bits per heavy atom. The first-order chi connectivity index (χ1) is 14.1. The fraction of sp³-hybridized carbons (Fsp3) is 0.571. The van der Waals surface area contributed by atoms with E-state index in [1.54, 1.807) is 10.6 Å². The molecule has 2 unspecified atom stereocenters.